The van der Waals surface area contributed by atoms with E-state index < -0.39 is 20.8 Å². The van der Waals surface area contributed by atoms with E-state index in [9.17, 15) is 0 Å². The maximum absolute atomic E-state index is 8.65. The number of aromatic nitrogens is 2. The van der Waals surface area contributed by atoms with E-state index in [0.717, 1.165) is 61.1 Å². The molecule has 0 fully saturated rings. The average Bonchev–Trinajstić information content (AvgIpc) is 3.60. The third kappa shape index (κ3) is 8.50. The van der Waals surface area contributed by atoms with Crippen LogP contribution in [0.25, 0.3) is 66.7 Å². The number of benzene rings is 5. The van der Waals surface area contributed by atoms with E-state index >= 15 is 0 Å². The van der Waals surface area contributed by atoms with Gasteiger partial charge in [0.15, 0.2) is 0 Å². The minimum atomic E-state index is -1.64. The quantitative estimate of drug-likeness (QED) is 0.118. The predicted octanol–water partition coefficient (Wildman–Crippen LogP) is 13.4. The van der Waals surface area contributed by atoms with E-state index in [1.807, 2.05) is 93.0 Å². The van der Waals surface area contributed by atoms with Gasteiger partial charge < -0.3 is 14.4 Å². The fraction of sp³-hybridized carbons (Fsp3) is 0.200. The van der Waals surface area contributed by atoms with Crippen LogP contribution in [0.5, 0.6) is 0 Å². The number of nitrogens with zero attached hydrogens (tertiary/aromatic N) is 2. The van der Waals surface area contributed by atoms with Crippen molar-refractivity contribution in [2.75, 3.05) is 0 Å². The summed E-state index contributed by atoms with van der Waals surface area (Å²) in [6, 6.07) is 47.1. The number of rotatable bonds is 7. The van der Waals surface area contributed by atoms with Crippen molar-refractivity contribution in [1.82, 2.24) is 9.97 Å². The van der Waals surface area contributed by atoms with Gasteiger partial charge in [0.25, 0.3) is 0 Å². The maximum atomic E-state index is 8.65. The minimum Gasteiger partial charge on any atom is -0.501 e. The summed E-state index contributed by atoms with van der Waals surface area (Å²) in [5.74, 6) is -0.274. The number of fused-ring (bicyclic) bond motifs is 3. The molecule has 3 heterocycles. The Morgan fingerprint density at radius 1 is 0.745 bits per heavy atom. The van der Waals surface area contributed by atoms with Gasteiger partial charge in [0.2, 0.25) is 0 Å². The van der Waals surface area contributed by atoms with Crippen molar-refractivity contribution >= 4 is 35.2 Å². The molecule has 279 valence electrons. The number of hydrogen-bond acceptors (Lipinski definition) is 3. The molecule has 0 amide bonds. The second-order valence-electron chi connectivity index (χ2n) is 15.3. The molecular formula is C50H48IrN2OSi-2. The Morgan fingerprint density at radius 3 is 2.11 bits per heavy atom. The second-order valence-corrected chi connectivity index (χ2v) is 20.4. The van der Waals surface area contributed by atoms with E-state index in [1.165, 1.54) is 21.9 Å². The topological polar surface area (TPSA) is 38.9 Å². The molecule has 0 saturated heterocycles. The minimum absolute atomic E-state index is 0. The monoisotopic (exact) mass is 916 g/mol. The molecule has 0 spiro atoms. The Bertz CT molecular complexity index is 2670. The van der Waals surface area contributed by atoms with Gasteiger partial charge >= 0.3 is 0 Å². The Balaban J connectivity index is 0.000000192. The van der Waals surface area contributed by atoms with Crippen LogP contribution < -0.4 is 5.19 Å². The molecule has 5 aromatic carbocycles. The van der Waals surface area contributed by atoms with Crippen LogP contribution in [-0.4, -0.2) is 18.0 Å². The maximum Gasteiger partial charge on any atom is 0.121 e. The molecule has 0 aliphatic carbocycles. The molecule has 0 aliphatic heterocycles. The molecule has 1 radical (unpaired) electrons. The summed E-state index contributed by atoms with van der Waals surface area (Å²) in [4.78, 5) is 9.33. The Labute approximate surface area is 345 Å². The van der Waals surface area contributed by atoms with Crippen LogP contribution in [0.3, 0.4) is 0 Å². The number of furan rings is 1. The van der Waals surface area contributed by atoms with Crippen LogP contribution in [-0.2, 0) is 20.1 Å². The molecule has 8 rings (SSSR count). The fourth-order valence-electron chi connectivity index (χ4n) is 6.91. The zero-order chi connectivity index (χ0) is 40.5. The second kappa shape index (κ2) is 16.8. The molecular weight excluding hydrogens is 865 g/mol. The number of aryl methyl sites for hydroxylation is 1. The summed E-state index contributed by atoms with van der Waals surface area (Å²) < 4.78 is 30.8. The summed E-state index contributed by atoms with van der Waals surface area (Å²) in [5, 5.41) is 3.44. The van der Waals surface area contributed by atoms with Gasteiger partial charge in [0, 0.05) is 42.0 Å². The van der Waals surface area contributed by atoms with E-state index in [1.54, 1.807) is 6.07 Å². The van der Waals surface area contributed by atoms with E-state index in [4.69, 9.17) is 13.5 Å². The summed E-state index contributed by atoms with van der Waals surface area (Å²) in [7, 11) is -1.64. The summed E-state index contributed by atoms with van der Waals surface area (Å²) >= 11 is 0. The first-order chi connectivity index (χ1) is 27.2. The Hall–Kier alpha value is -4.93. The van der Waals surface area contributed by atoms with Crippen LogP contribution in [0.1, 0.15) is 60.3 Å². The summed E-state index contributed by atoms with van der Waals surface area (Å²) in [6.07, 6.45) is 3.81. The zero-order valence-electron chi connectivity index (χ0n) is 35.5. The van der Waals surface area contributed by atoms with Gasteiger partial charge in [-0.2, -0.15) is 0 Å². The van der Waals surface area contributed by atoms with Gasteiger partial charge in [-0.1, -0.05) is 167 Å². The van der Waals surface area contributed by atoms with Crippen LogP contribution >= 0.6 is 0 Å². The SMILES string of the molecule is CC(C)c1ccnc(-c2[c-]ccc3c2oc2cccc(-c4ccccc4)c23)c1.[2H]C([2H])c1c[c-]c(-c2cc(C([2H])(C)C)c([Si](C)(C)C)cn2)cc1-c1ccccc1.[Ir]. The van der Waals surface area contributed by atoms with Crippen molar-refractivity contribution in [2.24, 2.45) is 0 Å². The zero-order valence-corrected chi connectivity index (χ0v) is 35.9. The van der Waals surface area contributed by atoms with Gasteiger partial charge in [-0.05, 0) is 57.2 Å². The smallest absolute Gasteiger partial charge is 0.121 e. The molecule has 3 aromatic heterocycles. The van der Waals surface area contributed by atoms with Crippen molar-refractivity contribution < 1.29 is 28.6 Å². The third-order valence-corrected chi connectivity index (χ3v) is 11.9. The third-order valence-electron chi connectivity index (χ3n) is 9.84. The van der Waals surface area contributed by atoms with Gasteiger partial charge in [-0.3, -0.25) is 0 Å². The normalized spacial score (nSPS) is 12.5. The van der Waals surface area contributed by atoms with E-state index in [0.29, 0.717) is 11.5 Å². The van der Waals surface area contributed by atoms with Gasteiger partial charge in [0.1, 0.15) is 5.58 Å². The Morgan fingerprint density at radius 2 is 1.45 bits per heavy atom. The first kappa shape index (κ1) is 35.7. The standard InChI is InChI=1S/C26H20NO.C24H28NSi.Ir/c1-17(2)19-14-15-27-23(16-19)21-11-6-12-22-25-20(18-8-4-3-5-9-18)10-7-13-24(25)28-26(21)22;1-17(2)21-15-23(25-16-24(21)26(4,5)6)20-13-12-18(3)22(14-20)19-10-8-7-9-11-19;/h3-10,12-17H,1-2H3;7-12,14-17H,1-6H3;/q2*-1;/i;3D2,17D;. The molecule has 5 heteroatoms. The predicted molar refractivity (Wildman–Crippen MR) is 231 cm³/mol. The molecule has 0 aliphatic rings. The van der Waals surface area contributed by atoms with E-state index in [2.05, 4.69) is 99.1 Å². The van der Waals surface area contributed by atoms with Gasteiger partial charge in [-0.15, -0.1) is 47.5 Å². The molecule has 0 atom stereocenters. The van der Waals surface area contributed by atoms with Crippen LogP contribution in [0.15, 0.2) is 138 Å². The molecule has 0 saturated carbocycles. The summed E-state index contributed by atoms with van der Waals surface area (Å²) in [5.41, 5.74) is 12.2. The molecule has 3 nitrogen and oxygen atoms in total. The molecule has 0 N–H and O–H groups in total. The largest absolute Gasteiger partial charge is 0.501 e. The summed E-state index contributed by atoms with van der Waals surface area (Å²) in [6.45, 7) is 14.0. The fourth-order valence-corrected chi connectivity index (χ4v) is 8.50. The van der Waals surface area contributed by atoms with Crippen LogP contribution in [0, 0.1) is 19.0 Å². The number of pyridine rings is 2. The number of hydrogen-bond donors (Lipinski definition) is 0. The first-order valence-electron chi connectivity index (χ1n) is 20.2. The van der Waals surface area contributed by atoms with Crippen molar-refractivity contribution in [1.29, 1.82) is 0 Å². The average molecular weight is 916 g/mol. The van der Waals surface area contributed by atoms with Gasteiger partial charge in [0.05, 0.1) is 13.7 Å². The molecule has 0 unspecified atom stereocenters. The molecule has 8 aromatic rings. The van der Waals surface area contributed by atoms with Crippen LogP contribution in [0.2, 0.25) is 19.6 Å². The van der Waals surface area contributed by atoms with Crippen molar-refractivity contribution in [3.63, 3.8) is 0 Å². The Kier molecular flexibility index (Phi) is 10.9. The van der Waals surface area contributed by atoms with Crippen molar-refractivity contribution in [2.45, 2.75) is 66.0 Å². The first-order valence-corrected chi connectivity index (χ1v) is 22.1. The molecule has 0 bridgehead atoms. The van der Waals surface area contributed by atoms with Crippen molar-refractivity contribution in [3.8, 4) is 44.8 Å². The molecule has 55 heavy (non-hydrogen) atoms. The van der Waals surface area contributed by atoms with Crippen LogP contribution in [0.4, 0.5) is 0 Å². The van der Waals surface area contributed by atoms with Crippen molar-refractivity contribution in [3.05, 3.63) is 163 Å². The van der Waals surface area contributed by atoms with E-state index in [-0.39, 0.29) is 20.1 Å². The van der Waals surface area contributed by atoms with Gasteiger partial charge in [-0.25, -0.2) is 0 Å².